The normalized spacial score (nSPS) is 17.6. The van der Waals surface area contributed by atoms with Crippen LogP contribution < -0.4 is 0 Å². The van der Waals surface area contributed by atoms with E-state index in [9.17, 15) is 24.8 Å². The molecule has 1 amide bonds. The third kappa shape index (κ3) is 2.75. The molecule has 1 aliphatic heterocycles. The third-order valence-corrected chi connectivity index (χ3v) is 3.76. The minimum absolute atomic E-state index is 0.124. The lowest BCUT2D eigenvalue weighted by molar-refractivity contribution is -0.385. The van der Waals surface area contributed by atoms with E-state index in [4.69, 9.17) is 0 Å². The summed E-state index contributed by atoms with van der Waals surface area (Å²) in [5.41, 5.74) is 1.24. The first kappa shape index (κ1) is 15.8. The zero-order chi connectivity index (χ0) is 16.4. The van der Waals surface area contributed by atoms with E-state index < -0.39 is 16.9 Å². The topological polar surface area (TPSA) is 101 Å². The Balaban J connectivity index is 2.50. The second-order valence-electron chi connectivity index (χ2n) is 5.30. The summed E-state index contributed by atoms with van der Waals surface area (Å²) in [6.45, 7) is 5.25. The highest BCUT2D eigenvalue weighted by molar-refractivity contribution is 6.00. The molecule has 1 aromatic carbocycles. The smallest absolute Gasteiger partial charge is 0.282 e. The van der Waals surface area contributed by atoms with Gasteiger partial charge in [0.15, 0.2) is 0 Å². The summed E-state index contributed by atoms with van der Waals surface area (Å²) in [6, 6.07) is 1.93. The largest absolute Gasteiger partial charge is 0.392 e. The number of aliphatic hydroxyl groups excluding tert-OH is 1. The number of nitrogens with zero attached hydrogens (tertiary/aromatic N) is 2. The van der Waals surface area contributed by atoms with Gasteiger partial charge in [-0.2, -0.15) is 0 Å². The molecule has 7 nitrogen and oxygen atoms in total. The molecule has 1 fully saturated rings. The molecule has 116 valence electrons. The van der Waals surface area contributed by atoms with Gasteiger partial charge in [0.05, 0.1) is 17.6 Å². The number of carbonyl (C=O) groups is 2. The van der Waals surface area contributed by atoms with Crippen molar-refractivity contribution >= 4 is 17.9 Å². The van der Waals surface area contributed by atoms with Crippen LogP contribution in [0.4, 0.5) is 5.69 Å². The fourth-order valence-corrected chi connectivity index (χ4v) is 2.56. The van der Waals surface area contributed by atoms with Gasteiger partial charge in [0.25, 0.3) is 11.6 Å². The van der Waals surface area contributed by atoms with E-state index in [1.165, 1.54) is 17.0 Å². The van der Waals surface area contributed by atoms with Crippen molar-refractivity contribution in [3.63, 3.8) is 0 Å². The van der Waals surface area contributed by atoms with Crippen molar-refractivity contribution in [3.8, 4) is 0 Å². The highest BCUT2D eigenvalue weighted by atomic mass is 16.6. The van der Waals surface area contributed by atoms with Gasteiger partial charge < -0.3 is 14.8 Å². The molecule has 0 aromatic heterocycles. The van der Waals surface area contributed by atoms with Crippen molar-refractivity contribution in [2.24, 2.45) is 0 Å². The molecule has 0 unspecified atom stereocenters. The van der Waals surface area contributed by atoms with Gasteiger partial charge in [-0.25, -0.2) is 0 Å². The maximum atomic E-state index is 12.6. The number of benzene rings is 1. The molecule has 1 saturated heterocycles. The predicted molar refractivity (Wildman–Crippen MR) is 78.4 cm³/mol. The van der Waals surface area contributed by atoms with Gasteiger partial charge in [-0.05, 0) is 30.5 Å². The van der Waals surface area contributed by atoms with Crippen LogP contribution in [0.15, 0.2) is 24.3 Å². The van der Waals surface area contributed by atoms with E-state index in [0.717, 1.165) is 5.57 Å². The molecule has 0 aliphatic carbocycles. The molecule has 0 bridgehead atoms. The fraction of sp³-hybridized carbons (Fsp3) is 0.333. The summed E-state index contributed by atoms with van der Waals surface area (Å²) in [5.74, 6) is -0.600. The monoisotopic (exact) mass is 304 g/mol. The lowest BCUT2D eigenvalue weighted by atomic mass is 10.0. The maximum Gasteiger partial charge on any atom is 0.282 e. The van der Waals surface area contributed by atoms with Crippen molar-refractivity contribution in [3.05, 3.63) is 51.1 Å². The second kappa shape index (κ2) is 6.07. The van der Waals surface area contributed by atoms with E-state index in [2.05, 4.69) is 6.58 Å². The summed E-state index contributed by atoms with van der Waals surface area (Å²) in [4.78, 5) is 35.5. The van der Waals surface area contributed by atoms with E-state index in [-0.39, 0.29) is 24.4 Å². The molecule has 0 spiro atoms. The fourth-order valence-electron chi connectivity index (χ4n) is 2.56. The Morgan fingerprint density at radius 1 is 1.59 bits per heavy atom. The standard InChI is InChI=1S/C15H16N2O5/c1-9-3-12(8-19)16(6-9)15(20)13-5-11(7-18)10(2)4-14(13)17(21)22/h4-5,8,12,18H,1,3,6-7H2,2H3/t12-/m0/s1. The van der Waals surface area contributed by atoms with E-state index in [1.54, 1.807) is 6.92 Å². The Bertz CT molecular complexity index is 668. The number of hydrogen-bond acceptors (Lipinski definition) is 5. The maximum absolute atomic E-state index is 12.6. The predicted octanol–water partition coefficient (Wildman–Crippen LogP) is 1.37. The number of aryl methyl sites for hydroxylation is 1. The van der Waals surface area contributed by atoms with Crippen molar-refractivity contribution < 1.29 is 19.6 Å². The minimum atomic E-state index is -0.654. The summed E-state index contributed by atoms with van der Waals surface area (Å²) in [6.07, 6.45) is 1.00. The highest BCUT2D eigenvalue weighted by Crippen LogP contribution is 2.28. The van der Waals surface area contributed by atoms with Crippen molar-refractivity contribution in [2.45, 2.75) is 26.0 Å². The molecule has 1 aromatic rings. The van der Waals surface area contributed by atoms with Gasteiger partial charge in [-0.3, -0.25) is 14.9 Å². The average molecular weight is 304 g/mol. The van der Waals surface area contributed by atoms with Crippen LogP contribution in [0.1, 0.15) is 27.9 Å². The van der Waals surface area contributed by atoms with Crippen LogP contribution >= 0.6 is 0 Å². The first-order valence-corrected chi connectivity index (χ1v) is 6.70. The molecule has 22 heavy (non-hydrogen) atoms. The number of nitro benzene ring substituents is 1. The van der Waals surface area contributed by atoms with Gasteiger partial charge in [-0.15, -0.1) is 0 Å². The first-order valence-electron chi connectivity index (χ1n) is 6.70. The molecule has 1 atom stereocenters. The van der Waals surface area contributed by atoms with Crippen LogP contribution in [0.2, 0.25) is 0 Å². The van der Waals surface area contributed by atoms with Crippen LogP contribution in [0.25, 0.3) is 0 Å². The van der Waals surface area contributed by atoms with E-state index in [0.29, 0.717) is 23.8 Å². The zero-order valence-corrected chi connectivity index (χ0v) is 12.1. The number of rotatable bonds is 4. The lowest BCUT2D eigenvalue weighted by Gasteiger charge is -2.20. The molecular formula is C15H16N2O5. The third-order valence-electron chi connectivity index (χ3n) is 3.76. The van der Waals surface area contributed by atoms with E-state index >= 15 is 0 Å². The van der Waals surface area contributed by atoms with Gasteiger partial charge in [0, 0.05) is 12.6 Å². The Labute approximate surface area is 127 Å². The zero-order valence-electron chi connectivity index (χ0n) is 12.1. The molecular weight excluding hydrogens is 288 g/mol. The Kier molecular flexibility index (Phi) is 4.37. The van der Waals surface area contributed by atoms with Crippen LogP contribution in [-0.2, 0) is 11.4 Å². The van der Waals surface area contributed by atoms with Gasteiger partial charge in [-0.1, -0.05) is 12.2 Å². The van der Waals surface area contributed by atoms with Gasteiger partial charge >= 0.3 is 0 Å². The molecule has 7 heteroatoms. The number of amides is 1. The summed E-state index contributed by atoms with van der Waals surface area (Å²) < 4.78 is 0. The number of carbonyl (C=O) groups excluding carboxylic acids is 2. The second-order valence-corrected chi connectivity index (χ2v) is 5.30. The first-order chi connectivity index (χ1) is 10.4. The van der Waals surface area contributed by atoms with Crippen LogP contribution in [0.3, 0.4) is 0 Å². The Morgan fingerprint density at radius 2 is 2.27 bits per heavy atom. The molecule has 0 radical (unpaired) electrons. The summed E-state index contributed by atoms with van der Waals surface area (Å²) in [7, 11) is 0. The van der Waals surface area contributed by atoms with Crippen LogP contribution in [0, 0.1) is 17.0 Å². The van der Waals surface area contributed by atoms with Crippen LogP contribution in [0.5, 0.6) is 0 Å². The highest BCUT2D eigenvalue weighted by Gasteiger charge is 2.34. The lowest BCUT2D eigenvalue weighted by Crippen LogP contribution is -2.36. The average Bonchev–Trinajstić information content (AvgIpc) is 2.87. The number of aliphatic hydroxyl groups is 1. The molecule has 2 rings (SSSR count). The number of hydrogen-bond donors (Lipinski definition) is 1. The molecule has 1 heterocycles. The summed E-state index contributed by atoms with van der Waals surface area (Å²) in [5, 5.41) is 20.5. The van der Waals surface area contributed by atoms with Crippen molar-refractivity contribution in [1.82, 2.24) is 4.90 Å². The number of likely N-dealkylation sites (tertiary alicyclic amines) is 1. The van der Waals surface area contributed by atoms with Crippen LogP contribution in [-0.4, -0.2) is 39.7 Å². The SMILES string of the molecule is C=C1C[C@@H](C=O)N(C(=O)c2cc(CO)c(C)cc2[N+](=O)[O-])C1. The molecule has 1 aliphatic rings. The summed E-state index contributed by atoms with van der Waals surface area (Å²) >= 11 is 0. The van der Waals surface area contributed by atoms with E-state index in [1.807, 2.05) is 0 Å². The molecule has 1 N–H and O–H groups in total. The minimum Gasteiger partial charge on any atom is -0.392 e. The number of nitro groups is 1. The Hall–Kier alpha value is -2.54. The van der Waals surface area contributed by atoms with Gasteiger partial charge in [0.2, 0.25) is 0 Å². The Morgan fingerprint density at radius 3 is 2.82 bits per heavy atom. The molecule has 0 saturated carbocycles. The van der Waals surface area contributed by atoms with Gasteiger partial charge in [0.1, 0.15) is 11.8 Å². The van der Waals surface area contributed by atoms with Crippen molar-refractivity contribution in [1.29, 1.82) is 0 Å². The quantitative estimate of drug-likeness (QED) is 0.392. The van der Waals surface area contributed by atoms with Crippen molar-refractivity contribution in [2.75, 3.05) is 6.54 Å². The number of aldehydes is 1.